The van der Waals surface area contributed by atoms with Crippen LogP contribution >= 0.6 is 11.6 Å². The Kier molecular flexibility index (Phi) is 19.2. The van der Waals surface area contributed by atoms with Gasteiger partial charge in [-0.2, -0.15) is 8.42 Å². The van der Waals surface area contributed by atoms with Gasteiger partial charge >= 0.3 is 16.3 Å². The molecule has 0 spiro atoms. The minimum Gasteiger partial charge on any atom is -0.341 e. The van der Waals surface area contributed by atoms with Gasteiger partial charge in [0.05, 0.1) is 23.0 Å². The Morgan fingerprint density at radius 1 is 0.838 bits per heavy atom. The smallest absolute Gasteiger partial charge is 0.341 e. The molecule has 0 atom stereocenters. The highest BCUT2D eigenvalue weighted by molar-refractivity contribution is 7.88. The summed E-state index contributed by atoms with van der Waals surface area (Å²) in [6.07, 6.45) is 17.5. The first-order chi connectivity index (χ1) is 17.9. The van der Waals surface area contributed by atoms with Crippen LogP contribution in [0.25, 0.3) is 0 Å². The third kappa shape index (κ3) is 18.3. The summed E-state index contributed by atoms with van der Waals surface area (Å²) < 4.78 is 30.0. The van der Waals surface area contributed by atoms with Crippen LogP contribution in [0.4, 0.5) is 16.2 Å². The van der Waals surface area contributed by atoms with Gasteiger partial charge in [-0.1, -0.05) is 106 Å². The molecule has 0 heterocycles. The van der Waals surface area contributed by atoms with Crippen LogP contribution in [0, 0.1) is 0 Å². The Balaban J connectivity index is 1.99. The number of unbranched alkanes of at least 4 members (excludes halogenated alkanes) is 13. The Morgan fingerprint density at radius 3 is 1.97 bits per heavy atom. The number of hydrogen-bond acceptors (Lipinski definition) is 8. The fourth-order valence-electron chi connectivity index (χ4n) is 3.50. The molecular weight excluding hydrogens is 526 g/mol. The number of amides is 2. The molecule has 37 heavy (non-hydrogen) atoms. The molecular formula is C24H42ClN3O8S. The molecule has 0 aliphatic heterocycles. The summed E-state index contributed by atoms with van der Waals surface area (Å²) in [6, 6.07) is 3.50. The molecule has 1 aromatic rings. The van der Waals surface area contributed by atoms with E-state index in [2.05, 4.69) is 41.7 Å². The highest BCUT2D eigenvalue weighted by Gasteiger charge is 2.15. The molecule has 0 saturated heterocycles. The first kappa shape index (κ1) is 33.4. The van der Waals surface area contributed by atoms with Crippen molar-refractivity contribution in [2.75, 3.05) is 23.7 Å². The average molecular weight is 568 g/mol. The van der Waals surface area contributed by atoms with Gasteiger partial charge in [0.15, 0.2) is 0 Å². The third-order valence-electron chi connectivity index (χ3n) is 5.49. The van der Waals surface area contributed by atoms with Crippen molar-refractivity contribution in [2.45, 2.75) is 96.8 Å². The Bertz CT molecular complexity index is 845. The summed E-state index contributed by atoms with van der Waals surface area (Å²) in [4.78, 5) is 16.2. The molecule has 3 N–H and O–H groups in total. The number of carbonyl (C=O) groups is 1. The van der Waals surface area contributed by atoms with E-state index in [1.165, 1.54) is 95.9 Å². The van der Waals surface area contributed by atoms with Crippen LogP contribution in [-0.2, 0) is 34.6 Å². The van der Waals surface area contributed by atoms with Crippen molar-refractivity contribution in [1.29, 1.82) is 0 Å². The minimum atomic E-state index is -4.43. The van der Waals surface area contributed by atoms with Crippen LogP contribution in [0.15, 0.2) is 18.2 Å². The van der Waals surface area contributed by atoms with Crippen molar-refractivity contribution in [3.8, 4) is 0 Å². The van der Waals surface area contributed by atoms with Gasteiger partial charge in [0.25, 0.3) is 0 Å². The summed E-state index contributed by atoms with van der Waals surface area (Å²) in [7, 11) is -3.00. The van der Waals surface area contributed by atoms with Gasteiger partial charge in [-0.3, -0.25) is 4.72 Å². The van der Waals surface area contributed by atoms with Crippen LogP contribution < -0.4 is 15.4 Å². The van der Waals surface area contributed by atoms with Crippen LogP contribution in [0.1, 0.15) is 96.8 Å². The van der Waals surface area contributed by atoms with E-state index in [4.69, 9.17) is 16.5 Å². The van der Waals surface area contributed by atoms with Gasteiger partial charge in [-0.15, -0.1) is 0 Å². The molecule has 13 heteroatoms. The quantitative estimate of drug-likeness (QED) is 0.0733. The van der Waals surface area contributed by atoms with E-state index in [0.29, 0.717) is 0 Å². The molecule has 0 saturated carbocycles. The summed E-state index contributed by atoms with van der Waals surface area (Å²) >= 11 is 5.96. The Labute approximate surface area is 225 Å². The van der Waals surface area contributed by atoms with Gasteiger partial charge in [0.1, 0.15) is 0 Å². The predicted molar refractivity (Wildman–Crippen MR) is 143 cm³/mol. The van der Waals surface area contributed by atoms with E-state index in [1.807, 2.05) is 0 Å². The molecule has 0 radical (unpaired) electrons. The number of benzene rings is 1. The van der Waals surface area contributed by atoms with Crippen LogP contribution in [0.3, 0.4) is 0 Å². The maximum atomic E-state index is 11.9. The molecule has 214 valence electrons. The maximum absolute atomic E-state index is 11.9. The maximum Gasteiger partial charge on any atom is 0.388 e. The zero-order chi connectivity index (χ0) is 27.2. The van der Waals surface area contributed by atoms with Crippen molar-refractivity contribution < 1.29 is 37.5 Å². The van der Waals surface area contributed by atoms with E-state index < -0.39 is 16.3 Å². The van der Waals surface area contributed by atoms with Crippen molar-refractivity contribution in [3.05, 3.63) is 23.2 Å². The number of carbonyl (C=O) groups excluding carboxylic acids is 1. The minimum absolute atomic E-state index is 0.0503. The summed E-state index contributed by atoms with van der Waals surface area (Å²) in [6.45, 7) is 2.51. The molecule has 11 nitrogen and oxygen atoms in total. The predicted octanol–water partition coefficient (Wildman–Crippen LogP) is 6.97. The highest BCUT2D eigenvalue weighted by Crippen LogP contribution is 2.26. The highest BCUT2D eigenvalue weighted by atomic mass is 35.5. The fourth-order valence-corrected chi connectivity index (χ4v) is 4.21. The molecule has 1 rings (SSSR count). The lowest BCUT2D eigenvalue weighted by Gasteiger charge is -2.10. The second-order valence-corrected chi connectivity index (χ2v) is 10.3. The topological polar surface area (TPSA) is 133 Å². The first-order valence-corrected chi connectivity index (χ1v) is 14.8. The summed E-state index contributed by atoms with van der Waals surface area (Å²) in [5.74, 6) is 0. The molecule has 0 aliphatic carbocycles. The number of anilines is 2. The second kappa shape index (κ2) is 21.3. The van der Waals surface area contributed by atoms with Crippen molar-refractivity contribution in [1.82, 2.24) is 5.32 Å². The monoisotopic (exact) mass is 567 g/mol. The lowest BCUT2D eigenvalue weighted by atomic mass is 10.0. The van der Waals surface area contributed by atoms with E-state index in [9.17, 15) is 13.2 Å². The van der Waals surface area contributed by atoms with Gasteiger partial charge < -0.3 is 10.6 Å². The molecule has 2 amide bonds. The van der Waals surface area contributed by atoms with E-state index in [1.54, 1.807) is 0 Å². The Hall–Kier alpha value is -1.67. The van der Waals surface area contributed by atoms with Crippen molar-refractivity contribution in [3.63, 3.8) is 0 Å². The fraction of sp³-hybridized carbons (Fsp3) is 0.708. The van der Waals surface area contributed by atoms with Gasteiger partial charge in [-0.05, 0) is 39.7 Å². The van der Waals surface area contributed by atoms with Gasteiger partial charge in [-0.25, -0.2) is 9.68 Å². The van der Waals surface area contributed by atoms with Gasteiger partial charge in [0.2, 0.25) is 0 Å². The summed E-state index contributed by atoms with van der Waals surface area (Å²) in [5, 5.41) is 17.4. The average Bonchev–Trinajstić information content (AvgIpc) is 2.87. The standard InChI is InChI=1S/C24H42ClN3O8S/c1-3-4-5-6-7-8-9-10-11-12-13-14-15-16-19-32-33-34-35-36-37(30,31)28-21-17-18-22(25)23(20-21)27-24(29)26-2/h17-18,20,28H,3-16,19H2,1-2H3,(H2,26,27,29). The number of rotatable bonds is 23. The van der Waals surface area contributed by atoms with E-state index in [-0.39, 0.29) is 23.0 Å². The molecule has 0 aliphatic rings. The van der Waals surface area contributed by atoms with Gasteiger partial charge in [0, 0.05) is 7.05 Å². The van der Waals surface area contributed by atoms with Crippen LogP contribution in [0.2, 0.25) is 5.02 Å². The molecule has 0 unspecified atom stereocenters. The van der Waals surface area contributed by atoms with Crippen LogP contribution in [-0.4, -0.2) is 28.1 Å². The molecule has 1 aromatic carbocycles. The normalized spacial score (nSPS) is 11.4. The largest absolute Gasteiger partial charge is 0.388 e. The van der Waals surface area contributed by atoms with E-state index >= 15 is 0 Å². The SMILES string of the molecule is CCCCCCCCCCCCCCCCOOOOOS(=O)(=O)Nc1ccc(Cl)c(NC(=O)NC)c1. The lowest BCUT2D eigenvalue weighted by Crippen LogP contribution is -2.24. The molecule has 0 aromatic heterocycles. The molecule has 0 bridgehead atoms. The third-order valence-corrected chi connectivity index (χ3v) is 6.54. The molecule has 0 fully saturated rings. The number of nitrogens with one attached hydrogen (secondary N) is 3. The first-order valence-electron chi connectivity index (χ1n) is 13.0. The number of hydrogen-bond donors (Lipinski definition) is 3. The second-order valence-electron chi connectivity index (χ2n) is 8.65. The Morgan fingerprint density at radius 2 is 1.41 bits per heavy atom. The zero-order valence-corrected chi connectivity index (χ0v) is 23.5. The summed E-state index contributed by atoms with van der Waals surface area (Å²) in [5.41, 5.74) is 0.230. The lowest BCUT2D eigenvalue weighted by molar-refractivity contribution is -0.691. The van der Waals surface area contributed by atoms with Crippen LogP contribution in [0.5, 0.6) is 0 Å². The number of halogens is 1. The van der Waals surface area contributed by atoms with Crippen molar-refractivity contribution >= 4 is 39.3 Å². The number of urea groups is 1. The van der Waals surface area contributed by atoms with E-state index in [0.717, 1.165) is 19.3 Å². The zero-order valence-electron chi connectivity index (χ0n) is 21.9. The van der Waals surface area contributed by atoms with Crippen molar-refractivity contribution in [2.24, 2.45) is 0 Å².